The lowest BCUT2D eigenvalue weighted by Crippen LogP contribution is -2.28. The van der Waals surface area contributed by atoms with Crippen LogP contribution in [-0.4, -0.2) is 23.0 Å². The molecule has 2 atom stereocenters. The fraction of sp³-hybridized carbons (Fsp3) is 0.500. The molecule has 1 fully saturated rings. The zero-order valence-electron chi connectivity index (χ0n) is 9.27. The summed E-state index contributed by atoms with van der Waals surface area (Å²) >= 11 is 0.532. The van der Waals surface area contributed by atoms with Crippen molar-refractivity contribution in [3.8, 4) is 0 Å². The number of aliphatic hydroxyl groups excluding tert-OH is 1. The molecule has 0 unspecified atom stereocenters. The summed E-state index contributed by atoms with van der Waals surface area (Å²) in [4.78, 5) is 0.529. The summed E-state index contributed by atoms with van der Waals surface area (Å²) < 4.78 is 24.8. The van der Waals surface area contributed by atoms with Crippen molar-refractivity contribution in [2.75, 3.05) is 5.32 Å². The predicted octanol–water partition coefficient (Wildman–Crippen LogP) is 3.33. The van der Waals surface area contributed by atoms with Crippen LogP contribution in [0.2, 0.25) is 0 Å². The van der Waals surface area contributed by atoms with Crippen LogP contribution in [0.25, 0.3) is 0 Å². The van der Waals surface area contributed by atoms with Crippen LogP contribution < -0.4 is 5.32 Å². The maximum Gasteiger partial charge on any atom is 0.288 e. The van der Waals surface area contributed by atoms with Crippen molar-refractivity contribution in [1.82, 2.24) is 0 Å². The van der Waals surface area contributed by atoms with E-state index in [9.17, 15) is 13.9 Å². The van der Waals surface area contributed by atoms with Gasteiger partial charge in [-0.2, -0.15) is 8.78 Å². The van der Waals surface area contributed by atoms with Crippen molar-refractivity contribution in [1.29, 1.82) is 0 Å². The average Bonchev–Trinajstić information content (AvgIpc) is 2.67. The van der Waals surface area contributed by atoms with Gasteiger partial charge in [0.05, 0.1) is 12.1 Å². The molecule has 2 N–H and O–H groups in total. The predicted molar refractivity (Wildman–Crippen MR) is 65.6 cm³/mol. The van der Waals surface area contributed by atoms with E-state index in [4.69, 9.17) is 0 Å². The van der Waals surface area contributed by atoms with E-state index < -0.39 is 5.76 Å². The quantitative estimate of drug-likeness (QED) is 0.813. The van der Waals surface area contributed by atoms with Crippen molar-refractivity contribution >= 4 is 17.4 Å². The molecule has 1 aromatic carbocycles. The maximum absolute atomic E-state index is 12.4. The molecule has 2 rings (SSSR count). The van der Waals surface area contributed by atoms with Gasteiger partial charge in [-0.15, -0.1) is 0 Å². The van der Waals surface area contributed by atoms with Gasteiger partial charge in [-0.05, 0) is 31.4 Å². The number of para-hydroxylation sites is 1. The third kappa shape index (κ3) is 3.33. The Balaban J connectivity index is 2.09. The second-order valence-electron chi connectivity index (χ2n) is 4.12. The Morgan fingerprint density at radius 3 is 2.71 bits per heavy atom. The Hall–Kier alpha value is -0.810. The fourth-order valence-electron chi connectivity index (χ4n) is 2.09. The highest BCUT2D eigenvalue weighted by Crippen LogP contribution is 2.33. The zero-order valence-corrected chi connectivity index (χ0v) is 10.1. The minimum Gasteiger partial charge on any atom is -0.391 e. The molecule has 17 heavy (non-hydrogen) atoms. The molecule has 1 aliphatic carbocycles. The molecular formula is C12H15F2NOS. The van der Waals surface area contributed by atoms with Gasteiger partial charge in [0, 0.05) is 10.6 Å². The van der Waals surface area contributed by atoms with E-state index in [1.54, 1.807) is 24.3 Å². The molecule has 5 heteroatoms. The van der Waals surface area contributed by atoms with E-state index in [1.807, 2.05) is 0 Å². The molecule has 1 aliphatic rings. The lowest BCUT2D eigenvalue weighted by atomic mass is 10.2. The lowest BCUT2D eigenvalue weighted by molar-refractivity contribution is 0.171. The molecule has 0 radical (unpaired) electrons. The van der Waals surface area contributed by atoms with Gasteiger partial charge in [-0.1, -0.05) is 23.9 Å². The first-order valence-corrected chi connectivity index (χ1v) is 6.53. The highest BCUT2D eigenvalue weighted by molar-refractivity contribution is 7.99. The molecular weight excluding hydrogens is 244 g/mol. The first kappa shape index (κ1) is 12.6. The van der Waals surface area contributed by atoms with Crippen LogP contribution in [0.3, 0.4) is 0 Å². The Morgan fingerprint density at radius 2 is 2.06 bits per heavy atom. The van der Waals surface area contributed by atoms with Gasteiger partial charge in [-0.3, -0.25) is 0 Å². The molecule has 0 spiro atoms. The van der Waals surface area contributed by atoms with Gasteiger partial charge >= 0.3 is 0 Å². The number of halogens is 2. The van der Waals surface area contributed by atoms with E-state index in [0.29, 0.717) is 22.3 Å². The number of alkyl halides is 2. The Morgan fingerprint density at radius 1 is 1.29 bits per heavy atom. The number of benzene rings is 1. The van der Waals surface area contributed by atoms with E-state index >= 15 is 0 Å². The van der Waals surface area contributed by atoms with Crippen molar-refractivity contribution in [2.45, 2.75) is 42.1 Å². The van der Waals surface area contributed by atoms with Crippen LogP contribution in [0, 0.1) is 0 Å². The van der Waals surface area contributed by atoms with Crippen LogP contribution in [-0.2, 0) is 0 Å². The third-order valence-electron chi connectivity index (χ3n) is 2.92. The minimum absolute atomic E-state index is 0.0191. The maximum atomic E-state index is 12.4. The number of thioether (sulfide) groups is 1. The van der Waals surface area contributed by atoms with Crippen molar-refractivity contribution in [3.05, 3.63) is 24.3 Å². The topological polar surface area (TPSA) is 32.3 Å². The number of nitrogens with one attached hydrogen (secondary N) is 1. The van der Waals surface area contributed by atoms with Gasteiger partial charge in [-0.25, -0.2) is 0 Å². The monoisotopic (exact) mass is 259 g/mol. The first-order chi connectivity index (χ1) is 8.16. The van der Waals surface area contributed by atoms with Gasteiger partial charge in [0.2, 0.25) is 0 Å². The Bertz CT molecular complexity index is 375. The van der Waals surface area contributed by atoms with E-state index in [1.165, 1.54) is 0 Å². The molecule has 0 bridgehead atoms. The number of anilines is 1. The Kier molecular flexibility index (Phi) is 4.23. The van der Waals surface area contributed by atoms with E-state index in [2.05, 4.69) is 5.32 Å². The summed E-state index contributed by atoms with van der Waals surface area (Å²) in [6.45, 7) is 0. The molecule has 94 valence electrons. The first-order valence-electron chi connectivity index (χ1n) is 5.65. The Labute approximate surface area is 103 Å². The third-order valence-corrected chi connectivity index (χ3v) is 3.71. The van der Waals surface area contributed by atoms with Crippen LogP contribution >= 0.6 is 11.8 Å². The van der Waals surface area contributed by atoms with Crippen LogP contribution in [0.5, 0.6) is 0 Å². The SMILES string of the molecule is O[C@@H]1CCC[C@H]1Nc1ccccc1SC(F)F. The molecule has 1 saturated carbocycles. The van der Waals surface area contributed by atoms with Crippen molar-refractivity contribution in [2.24, 2.45) is 0 Å². The smallest absolute Gasteiger partial charge is 0.288 e. The number of hydrogen-bond acceptors (Lipinski definition) is 3. The highest BCUT2D eigenvalue weighted by Gasteiger charge is 2.25. The molecule has 0 heterocycles. The molecule has 0 saturated heterocycles. The van der Waals surface area contributed by atoms with Crippen LogP contribution in [0.15, 0.2) is 29.2 Å². The normalized spacial score (nSPS) is 24.2. The standard InChI is InChI=1S/C12H15F2NOS/c13-12(14)17-11-7-2-1-4-9(11)15-8-5-3-6-10(8)16/h1-2,4,7-8,10,12,15-16H,3,5-6H2/t8-,10-/m1/s1. The summed E-state index contributed by atoms with van der Waals surface area (Å²) in [5.41, 5.74) is 0.684. The summed E-state index contributed by atoms with van der Waals surface area (Å²) in [7, 11) is 0. The van der Waals surface area contributed by atoms with Crippen LogP contribution in [0.4, 0.5) is 14.5 Å². The van der Waals surface area contributed by atoms with Crippen molar-refractivity contribution < 1.29 is 13.9 Å². The fourth-order valence-corrected chi connectivity index (χ4v) is 2.70. The molecule has 2 nitrogen and oxygen atoms in total. The van der Waals surface area contributed by atoms with Gasteiger partial charge in [0.25, 0.3) is 5.76 Å². The molecule has 0 aliphatic heterocycles. The van der Waals surface area contributed by atoms with Crippen LogP contribution in [0.1, 0.15) is 19.3 Å². The van der Waals surface area contributed by atoms with E-state index in [0.717, 1.165) is 19.3 Å². The largest absolute Gasteiger partial charge is 0.391 e. The zero-order chi connectivity index (χ0) is 12.3. The highest BCUT2D eigenvalue weighted by atomic mass is 32.2. The minimum atomic E-state index is -2.42. The summed E-state index contributed by atoms with van der Waals surface area (Å²) in [5.74, 6) is -2.42. The molecule has 1 aromatic rings. The molecule has 0 aromatic heterocycles. The van der Waals surface area contributed by atoms with Gasteiger partial charge < -0.3 is 10.4 Å². The van der Waals surface area contributed by atoms with Gasteiger partial charge in [0.15, 0.2) is 0 Å². The summed E-state index contributed by atoms with van der Waals surface area (Å²) in [6, 6.07) is 6.96. The summed E-state index contributed by atoms with van der Waals surface area (Å²) in [6.07, 6.45) is 2.26. The van der Waals surface area contributed by atoms with Crippen molar-refractivity contribution in [3.63, 3.8) is 0 Å². The number of aliphatic hydroxyl groups is 1. The second-order valence-corrected chi connectivity index (χ2v) is 5.16. The van der Waals surface area contributed by atoms with Gasteiger partial charge in [0.1, 0.15) is 0 Å². The lowest BCUT2D eigenvalue weighted by Gasteiger charge is -2.19. The molecule has 0 amide bonds. The number of hydrogen-bond donors (Lipinski definition) is 2. The average molecular weight is 259 g/mol. The second kappa shape index (κ2) is 5.69. The summed E-state index contributed by atoms with van der Waals surface area (Å²) in [5, 5.41) is 12.9. The van der Waals surface area contributed by atoms with E-state index in [-0.39, 0.29) is 12.1 Å². The number of rotatable bonds is 4.